The zero-order valence-electron chi connectivity index (χ0n) is 6.98. The van der Waals surface area contributed by atoms with Gasteiger partial charge in [0.15, 0.2) is 0 Å². The first-order valence-corrected chi connectivity index (χ1v) is 4.37. The largest absolute Gasteiger partial charge is 0.396 e. The Labute approximate surface area is 79.2 Å². The van der Waals surface area contributed by atoms with Gasteiger partial charge in [-0.1, -0.05) is 43.0 Å². The molecule has 0 amide bonds. The molecular formula is C10H14OS. The molecule has 0 heterocycles. The molecule has 0 fully saturated rings. The molecule has 0 aliphatic carbocycles. The highest BCUT2D eigenvalue weighted by atomic mass is 32.1. The van der Waals surface area contributed by atoms with Crippen molar-refractivity contribution < 1.29 is 5.11 Å². The molecule has 1 N–H and O–H groups in total. The molecule has 0 saturated carbocycles. The molecule has 1 rings (SSSR count). The second-order valence-corrected chi connectivity index (χ2v) is 2.51. The van der Waals surface area contributed by atoms with Gasteiger partial charge in [-0.3, -0.25) is 0 Å². The molecule has 0 saturated heterocycles. The summed E-state index contributed by atoms with van der Waals surface area (Å²) in [5.41, 5.74) is 1.17. The number of benzene rings is 1. The first kappa shape index (κ1) is 11.3. The normalized spacial score (nSPS) is 8.17. The van der Waals surface area contributed by atoms with Gasteiger partial charge in [0.05, 0.1) is 6.61 Å². The third kappa shape index (κ3) is 6.01. The van der Waals surface area contributed by atoms with Crippen molar-refractivity contribution in [1.82, 2.24) is 0 Å². The minimum atomic E-state index is 0.184. The van der Waals surface area contributed by atoms with Crippen LogP contribution in [-0.2, 0) is 0 Å². The van der Waals surface area contributed by atoms with Crippen LogP contribution < -0.4 is 0 Å². The molecule has 12 heavy (non-hydrogen) atoms. The minimum absolute atomic E-state index is 0.184. The number of thiol groups is 1. The van der Waals surface area contributed by atoms with E-state index < -0.39 is 0 Å². The zero-order chi connectivity index (χ0) is 9.23. The smallest absolute Gasteiger partial charge is 0.0519 e. The number of aliphatic hydroxyl groups excluding tert-OH is 1. The Bertz CT molecular complexity index is 194. The van der Waals surface area contributed by atoms with E-state index in [1.54, 1.807) is 0 Å². The molecule has 0 radical (unpaired) electrons. The predicted molar refractivity (Wildman–Crippen MR) is 57.5 cm³/mol. The van der Waals surface area contributed by atoms with Crippen LogP contribution in [0.5, 0.6) is 0 Å². The van der Waals surface area contributed by atoms with Crippen LogP contribution in [0.1, 0.15) is 5.56 Å². The molecule has 0 aliphatic heterocycles. The van der Waals surface area contributed by atoms with E-state index in [1.807, 2.05) is 36.4 Å². The van der Waals surface area contributed by atoms with Crippen LogP contribution in [0.15, 0.2) is 36.9 Å². The molecule has 2 heteroatoms. The standard InChI is InChI=1S/C8H8.C2H6OS/c1-2-8-6-4-3-5-7-8;3-1-2-4/h2-7H,1H2;3-4H,1-2H2. The summed E-state index contributed by atoms with van der Waals surface area (Å²) in [5, 5.41) is 7.80. The van der Waals surface area contributed by atoms with E-state index >= 15 is 0 Å². The van der Waals surface area contributed by atoms with Gasteiger partial charge in [0.2, 0.25) is 0 Å². The molecule has 66 valence electrons. The zero-order valence-corrected chi connectivity index (χ0v) is 7.87. The summed E-state index contributed by atoms with van der Waals surface area (Å²) in [6, 6.07) is 10.0. The average Bonchev–Trinajstić information content (AvgIpc) is 2.19. The Hall–Kier alpha value is -0.730. The van der Waals surface area contributed by atoms with Crippen LogP contribution in [0.25, 0.3) is 6.08 Å². The van der Waals surface area contributed by atoms with Crippen molar-refractivity contribution in [3.8, 4) is 0 Å². The molecule has 0 bridgehead atoms. The predicted octanol–water partition coefficient (Wildman–Crippen LogP) is 2.24. The molecule has 1 aromatic carbocycles. The van der Waals surface area contributed by atoms with Crippen LogP contribution in [-0.4, -0.2) is 17.5 Å². The third-order valence-electron chi connectivity index (χ3n) is 1.14. The molecule has 0 atom stereocenters. The van der Waals surface area contributed by atoms with Crippen molar-refractivity contribution in [3.63, 3.8) is 0 Å². The minimum Gasteiger partial charge on any atom is -0.396 e. The van der Waals surface area contributed by atoms with Crippen LogP contribution in [0.3, 0.4) is 0 Å². The SMILES string of the molecule is C=Cc1ccccc1.OCCS. The summed E-state index contributed by atoms with van der Waals surface area (Å²) in [5.74, 6) is 0.569. The van der Waals surface area contributed by atoms with Crippen molar-refractivity contribution in [2.24, 2.45) is 0 Å². The first-order valence-electron chi connectivity index (χ1n) is 3.74. The lowest BCUT2D eigenvalue weighted by atomic mass is 10.2. The fraction of sp³-hybridized carbons (Fsp3) is 0.200. The average molecular weight is 182 g/mol. The van der Waals surface area contributed by atoms with Gasteiger partial charge in [0.1, 0.15) is 0 Å². The van der Waals surface area contributed by atoms with E-state index in [-0.39, 0.29) is 6.61 Å². The quantitative estimate of drug-likeness (QED) is 0.672. The van der Waals surface area contributed by atoms with Crippen molar-refractivity contribution in [1.29, 1.82) is 0 Å². The van der Waals surface area contributed by atoms with Gasteiger partial charge in [0, 0.05) is 5.75 Å². The number of rotatable bonds is 2. The number of aliphatic hydroxyl groups is 1. The van der Waals surface area contributed by atoms with E-state index in [2.05, 4.69) is 19.2 Å². The molecule has 0 aromatic heterocycles. The topological polar surface area (TPSA) is 20.2 Å². The highest BCUT2D eigenvalue weighted by Crippen LogP contribution is 1.97. The van der Waals surface area contributed by atoms with Gasteiger partial charge in [-0.05, 0) is 5.56 Å². The lowest BCUT2D eigenvalue weighted by Gasteiger charge is -1.85. The number of hydrogen-bond donors (Lipinski definition) is 2. The van der Waals surface area contributed by atoms with Crippen molar-refractivity contribution in [3.05, 3.63) is 42.5 Å². The van der Waals surface area contributed by atoms with Gasteiger partial charge in [0.25, 0.3) is 0 Å². The molecule has 0 spiro atoms. The second kappa shape index (κ2) is 8.37. The highest BCUT2D eigenvalue weighted by molar-refractivity contribution is 7.80. The van der Waals surface area contributed by atoms with E-state index in [9.17, 15) is 0 Å². The highest BCUT2D eigenvalue weighted by Gasteiger charge is 1.75. The van der Waals surface area contributed by atoms with Crippen LogP contribution in [0.2, 0.25) is 0 Å². The summed E-state index contributed by atoms with van der Waals surface area (Å²) in [6.45, 7) is 3.81. The maximum atomic E-state index is 7.80. The fourth-order valence-electron chi connectivity index (χ4n) is 0.589. The third-order valence-corrected chi connectivity index (χ3v) is 1.34. The van der Waals surface area contributed by atoms with Crippen molar-refractivity contribution in [2.75, 3.05) is 12.4 Å². The Morgan fingerprint density at radius 3 is 2.08 bits per heavy atom. The Balaban J connectivity index is 0.000000261. The maximum absolute atomic E-state index is 7.80. The van der Waals surface area contributed by atoms with Crippen LogP contribution >= 0.6 is 12.6 Å². The Morgan fingerprint density at radius 1 is 1.33 bits per heavy atom. The summed E-state index contributed by atoms with van der Waals surface area (Å²) >= 11 is 3.67. The summed E-state index contributed by atoms with van der Waals surface area (Å²) in [7, 11) is 0. The molecule has 0 unspecified atom stereocenters. The monoisotopic (exact) mass is 182 g/mol. The molecule has 1 aromatic rings. The van der Waals surface area contributed by atoms with Crippen molar-refractivity contribution >= 4 is 18.7 Å². The molecular weight excluding hydrogens is 168 g/mol. The molecule has 0 aliphatic rings. The summed E-state index contributed by atoms with van der Waals surface area (Å²) in [4.78, 5) is 0. The van der Waals surface area contributed by atoms with Gasteiger partial charge in [-0.15, -0.1) is 0 Å². The lowest BCUT2D eigenvalue weighted by molar-refractivity contribution is 0.323. The van der Waals surface area contributed by atoms with Crippen LogP contribution in [0, 0.1) is 0 Å². The van der Waals surface area contributed by atoms with E-state index in [1.165, 1.54) is 5.56 Å². The maximum Gasteiger partial charge on any atom is 0.0519 e. The van der Waals surface area contributed by atoms with Gasteiger partial charge >= 0.3 is 0 Å². The summed E-state index contributed by atoms with van der Waals surface area (Å²) < 4.78 is 0. The van der Waals surface area contributed by atoms with E-state index in [0.29, 0.717) is 5.75 Å². The summed E-state index contributed by atoms with van der Waals surface area (Å²) in [6.07, 6.45) is 1.83. The van der Waals surface area contributed by atoms with Gasteiger partial charge in [-0.25, -0.2) is 0 Å². The van der Waals surface area contributed by atoms with Crippen LogP contribution in [0.4, 0.5) is 0 Å². The fourth-order valence-corrected chi connectivity index (χ4v) is 0.589. The van der Waals surface area contributed by atoms with E-state index in [0.717, 1.165) is 0 Å². The number of hydrogen-bond acceptors (Lipinski definition) is 2. The molecule has 1 nitrogen and oxygen atoms in total. The lowest BCUT2D eigenvalue weighted by Crippen LogP contribution is -1.76. The van der Waals surface area contributed by atoms with E-state index in [4.69, 9.17) is 5.11 Å². The Morgan fingerprint density at radius 2 is 1.83 bits per heavy atom. The van der Waals surface area contributed by atoms with Gasteiger partial charge < -0.3 is 5.11 Å². The van der Waals surface area contributed by atoms with Crippen molar-refractivity contribution in [2.45, 2.75) is 0 Å². The first-order chi connectivity index (χ1) is 5.85. The second-order valence-electron chi connectivity index (χ2n) is 2.06. The van der Waals surface area contributed by atoms with Gasteiger partial charge in [-0.2, -0.15) is 12.6 Å². The Kier molecular flexibility index (Phi) is 7.86.